The second kappa shape index (κ2) is 12.1. The van der Waals surface area contributed by atoms with Crippen LogP contribution in [-0.2, 0) is 20.9 Å². The average Bonchev–Trinajstić information content (AvgIpc) is 3.27. The van der Waals surface area contributed by atoms with E-state index in [-0.39, 0.29) is 42.5 Å². The van der Waals surface area contributed by atoms with Crippen molar-refractivity contribution < 1.29 is 18.8 Å². The number of nitrogens with zero attached hydrogens (tertiary/aromatic N) is 3. The molecule has 3 aliphatic rings. The normalized spacial score (nSPS) is 19.5. The third-order valence-electron chi connectivity index (χ3n) is 7.19. The minimum Gasteiger partial charge on any atom is -0.352 e. The van der Waals surface area contributed by atoms with Gasteiger partial charge in [-0.1, -0.05) is 62.2 Å². The summed E-state index contributed by atoms with van der Waals surface area (Å²) in [6.45, 7) is 2.17. The lowest BCUT2D eigenvalue weighted by Crippen LogP contribution is -2.45. The van der Waals surface area contributed by atoms with Gasteiger partial charge in [-0.05, 0) is 49.1 Å². The Morgan fingerprint density at radius 1 is 1.10 bits per heavy atom. The van der Waals surface area contributed by atoms with Crippen LogP contribution in [0.2, 0.25) is 0 Å². The highest BCUT2D eigenvalue weighted by molar-refractivity contribution is 8.15. The van der Waals surface area contributed by atoms with Crippen LogP contribution < -0.4 is 10.6 Å². The van der Waals surface area contributed by atoms with E-state index in [0.29, 0.717) is 28.7 Å². The molecule has 0 aromatic heterocycles. The molecule has 204 valence electrons. The Morgan fingerprint density at radius 2 is 1.85 bits per heavy atom. The van der Waals surface area contributed by atoms with Crippen molar-refractivity contribution in [2.45, 2.75) is 75.7 Å². The molecule has 2 heterocycles. The molecule has 2 atom stereocenters. The van der Waals surface area contributed by atoms with Crippen LogP contribution in [0.15, 0.2) is 58.5 Å². The lowest BCUT2D eigenvalue weighted by Gasteiger charge is -2.29. The average molecular weight is 550 g/mol. The summed E-state index contributed by atoms with van der Waals surface area (Å²) in [5, 5.41) is 5.96. The molecule has 0 bridgehead atoms. The van der Waals surface area contributed by atoms with Crippen molar-refractivity contribution in [3.8, 4) is 0 Å². The van der Waals surface area contributed by atoms with Gasteiger partial charge >= 0.3 is 0 Å². The molecule has 8 nitrogen and oxygen atoms in total. The predicted octanol–water partition coefficient (Wildman–Crippen LogP) is 4.45. The zero-order valence-electron chi connectivity index (χ0n) is 21.9. The fourth-order valence-corrected chi connectivity index (χ4v) is 6.08. The van der Waals surface area contributed by atoms with Crippen LogP contribution in [-0.4, -0.2) is 51.0 Å². The fourth-order valence-electron chi connectivity index (χ4n) is 5.06. The van der Waals surface area contributed by atoms with Gasteiger partial charge in [0.2, 0.25) is 11.8 Å². The van der Waals surface area contributed by atoms with Crippen LogP contribution in [0.1, 0.15) is 63.0 Å². The van der Waals surface area contributed by atoms with Crippen molar-refractivity contribution in [1.29, 1.82) is 0 Å². The molecule has 0 spiro atoms. The SMILES string of the molecule is CC[C@@H](SC1=Nc2ccccc2C2=N[C@H](CC(=O)NCc3ccc(F)cc3)C(=O)N12)C(=O)NC1CCCCC1. The standard InChI is InChI=1S/C29H32FN5O3S/c1-2-24(27(37)32-20-8-4-3-5-9-20)39-29-34-22-11-7-6-10-21(22)26-33-23(28(38)35(26)29)16-25(36)31-17-18-12-14-19(30)15-13-18/h6-7,10-15,20,23-24H,2-5,8-9,16-17H2,1H3,(H,31,36)(H,32,37)/t23-,24-/m1/s1. The van der Waals surface area contributed by atoms with Crippen molar-refractivity contribution in [2.24, 2.45) is 9.98 Å². The Labute approximate surface area is 231 Å². The van der Waals surface area contributed by atoms with Crippen LogP contribution >= 0.6 is 11.8 Å². The third kappa shape index (κ3) is 6.21. The summed E-state index contributed by atoms with van der Waals surface area (Å²) >= 11 is 1.27. The first-order valence-electron chi connectivity index (χ1n) is 13.5. The number of nitrogens with one attached hydrogen (secondary N) is 2. The number of benzene rings is 2. The number of fused-ring (bicyclic) bond motifs is 3. The molecule has 5 rings (SSSR count). The number of hydrogen-bond acceptors (Lipinski definition) is 6. The maximum Gasteiger partial charge on any atom is 0.259 e. The van der Waals surface area contributed by atoms with Crippen molar-refractivity contribution in [1.82, 2.24) is 15.5 Å². The topological polar surface area (TPSA) is 103 Å². The molecule has 3 amide bonds. The van der Waals surface area contributed by atoms with E-state index >= 15 is 0 Å². The Morgan fingerprint density at radius 3 is 2.59 bits per heavy atom. The van der Waals surface area contributed by atoms with Gasteiger partial charge < -0.3 is 10.6 Å². The molecule has 39 heavy (non-hydrogen) atoms. The summed E-state index contributed by atoms with van der Waals surface area (Å²) in [6, 6.07) is 12.6. The second-order valence-corrected chi connectivity index (χ2v) is 11.2. The summed E-state index contributed by atoms with van der Waals surface area (Å²) < 4.78 is 13.2. The molecule has 0 radical (unpaired) electrons. The first-order valence-corrected chi connectivity index (χ1v) is 14.4. The van der Waals surface area contributed by atoms with Gasteiger partial charge in [0.15, 0.2) is 5.17 Å². The van der Waals surface area contributed by atoms with Gasteiger partial charge in [0.25, 0.3) is 5.91 Å². The Bertz CT molecular complexity index is 1310. The molecule has 10 heteroatoms. The number of amides is 3. The van der Waals surface area contributed by atoms with E-state index in [0.717, 1.165) is 31.2 Å². The molecular formula is C29H32FN5O3S. The number of para-hydroxylation sites is 1. The van der Waals surface area contributed by atoms with E-state index in [1.165, 1.54) is 35.2 Å². The molecule has 2 aromatic rings. The van der Waals surface area contributed by atoms with E-state index in [2.05, 4.69) is 15.6 Å². The molecule has 1 aliphatic carbocycles. The largest absolute Gasteiger partial charge is 0.352 e. The van der Waals surface area contributed by atoms with Crippen molar-refractivity contribution in [3.05, 3.63) is 65.5 Å². The van der Waals surface area contributed by atoms with E-state index in [1.807, 2.05) is 31.2 Å². The zero-order chi connectivity index (χ0) is 27.4. The quantitative estimate of drug-likeness (QED) is 0.508. The Balaban J connectivity index is 1.30. The highest BCUT2D eigenvalue weighted by Crippen LogP contribution is 2.35. The summed E-state index contributed by atoms with van der Waals surface area (Å²) in [7, 11) is 0. The molecule has 2 aromatic carbocycles. The Kier molecular flexibility index (Phi) is 8.40. The van der Waals surface area contributed by atoms with E-state index in [4.69, 9.17) is 4.99 Å². The molecular weight excluding hydrogens is 517 g/mol. The lowest BCUT2D eigenvalue weighted by atomic mass is 9.95. The number of aliphatic imine (C=N–C) groups is 2. The van der Waals surface area contributed by atoms with Gasteiger partial charge in [-0.25, -0.2) is 14.3 Å². The first kappa shape index (κ1) is 27.1. The van der Waals surface area contributed by atoms with Crippen LogP contribution in [0.25, 0.3) is 0 Å². The molecule has 0 unspecified atom stereocenters. The maximum atomic E-state index is 13.6. The van der Waals surface area contributed by atoms with Crippen molar-refractivity contribution in [3.63, 3.8) is 0 Å². The first-order chi connectivity index (χ1) is 18.9. The predicted molar refractivity (Wildman–Crippen MR) is 150 cm³/mol. The van der Waals surface area contributed by atoms with E-state index in [1.54, 1.807) is 12.1 Å². The van der Waals surface area contributed by atoms with Crippen LogP contribution in [0.4, 0.5) is 10.1 Å². The summed E-state index contributed by atoms with van der Waals surface area (Å²) in [4.78, 5) is 50.3. The fraction of sp³-hybridized carbons (Fsp3) is 0.414. The number of amidine groups is 2. The summed E-state index contributed by atoms with van der Waals surface area (Å²) in [5.74, 6) is -0.615. The van der Waals surface area contributed by atoms with Gasteiger partial charge in [-0.2, -0.15) is 0 Å². The number of hydrogen-bond donors (Lipinski definition) is 2. The van der Waals surface area contributed by atoms with Crippen LogP contribution in [0.5, 0.6) is 0 Å². The highest BCUT2D eigenvalue weighted by Gasteiger charge is 2.43. The van der Waals surface area contributed by atoms with Gasteiger partial charge in [-0.3, -0.25) is 19.4 Å². The molecule has 1 fully saturated rings. The molecule has 2 aliphatic heterocycles. The maximum absolute atomic E-state index is 13.6. The highest BCUT2D eigenvalue weighted by atomic mass is 32.2. The number of carbonyl (C=O) groups excluding carboxylic acids is 3. The van der Waals surface area contributed by atoms with E-state index < -0.39 is 11.3 Å². The second-order valence-electron chi connectivity index (χ2n) is 10.0. The number of thioether (sulfide) groups is 1. The van der Waals surface area contributed by atoms with Gasteiger partial charge in [-0.15, -0.1) is 0 Å². The van der Waals surface area contributed by atoms with Crippen LogP contribution in [0, 0.1) is 5.82 Å². The zero-order valence-corrected chi connectivity index (χ0v) is 22.7. The molecule has 0 saturated heterocycles. The molecule has 1 saturated carbocycles. The number of carbonyl (C=O) groups is 3. The summed E-state index contributed by atoms with van der Waals surface area (Å²) in [6.07, 6.45) is 5.89. The summed E-state index contributed by atoms with van der Waals surface area (Å²) in [5.41, 5.74) is 2.14. The van der Waals surface area contributed by atoms with E-state index in [9.17, 15) is 18.8 Å². The van der Waals surface area contributed by atoms with Crippen LogP contribution in [0.3, 0.4) is 0 Å². The monoisotopic (exact) mass is 549 g/mol. The lowest BCUT2D eigenvalue weighted by molar-refractivity contribution is -0.128. The number of halogens is 1. The van der Waals surface area contributed by atoms with Crippen molar-refractivity contribution in [2.75, 3.05) is 0 Å². The Hall–Kier alpha value is -3.53. The smallest absolute Gasteiger partial charge is 0.259 e. The minimum absolute atomic E-state index is 0.0437. The van der Waals surface area contributed by atoms with Crippen molar-refractivity contribution >= 4 is 46.2 Å². The molecule has 2 N–H and O–H groups in total. The third-order valence-corrected chi connectivity index (χ3v) is 8.51. The van der Waals surface area contributed by atoms with Gasteiger partial charge in [0, 0.05) is 18.2 Å². The number of rotatable bonds is 8. The van der Waals surface area contributed by atoms with Gasteiger partial charge in [0.1, 0.15) is 17.7 Å². The minimum atomic E-state index is -0.902. The van der Waals surface area contributed by atoms with Gasteiger partial charge in [0.05, 0.1) is 17.4 Å².